The predicted octanol–water partition coefficient (Wildman–Crippen LogP) is 0.997. The number of hydrogen-bond acceptors (Lipinski definition) is 5. The molecule has 0 unspecified atom stereocenters. The lowest BCUT2D eigenvalue weighted by Crippen LogP contribution is -2.37. The molecule has 108 valence electrons. The van der Waals surface area contributed by atoms with Gasteiger partial charge in [-0.25, -0.2) is 0 Å². The van der Waals surface area contributed by atoms with Crippen molar-refractivity contribution in [3.8, 4) is 0 Å². The van der Waals surface area contributed by atoms with Crippen LogP contribution in [0.4, 0.5) is 5.69 Å². The molecule has 0 atom stereocenters. The van der Waals surface area contributed by atoms with E-state index in [1.54, 1.807) is 38.2 Å². The van der Waals surface area contributed by atoms with E-state index in [1.165, 1.54) is 9.80 Å². The standard InChI is InChI=1S/C14H14N4O3/c1-9-15-12(16-21-9)7-18-8-13(19)17(2)11-6-4-3-5-10(11)14(18)20/h3-6H,7-8H2,1-2H3. The first-order chi connectivity index (χ1) is 10.1. The van der Waals surface area contributed by atoms with E-state index >= 15 is 0 Å². The van der Waals surface area contributed by atoms with Gasteiger partial charge in [0.25, 0.3) is 5.91 Å². The summed E-state index contributed by atoms with van der Waals surface area (Å²) in [6.07, 6.45) is 0. The lowest BCUT2D eigenvalue weighted by molar-refractivity contribution is -0.119. The van der Waals surface area contributed by atoms with Gasteiger partial charge in [-0.05, 0) is 12.1 Å². The first-order valence-electron chi connectivity index (χ1n) is 6.50. The Kier molecular flexibility index (Phi) is 3.17. The van der Waals surface area contributed by atoms with Crippen molar-refractivity contribution < 1.29 is 14.1 Å². The van der Waals surface area contributed by atoms with Crippen LogP contribution in [-0.4, -0.2) is 40.4 Å². The van der Waals surface area contributed by atoms with Crippen LogP contribution in [0.2, 0.25) is 0 Å². The van der Waals surface area contributed by atoms with Gasteiger partial charge in [0.2, 0.25) is 11.8 Å². The summed E-state index contributed by atoms with van der Waals surface area (Å²) < 4.78 is 4.90. The van der Waals surface area contributed by atoms with Crippen molar-refractivity contribution in [2.75, 3.05) is 18.5 Å². The fraction of sp³-hybridized carbons (Fsp3) is 0.286. The highest BCUT2D eigenvalue weighted by molar-refractivity contribution is 6.09. The molecule has 1 aromatic heterocycles. The first kappa shape index (κ1) is 13.3. The number of nitrogens with zero attached hydrogens (tertiary/aromatic N) is 4. The Labute approximate surface area is 121 Å². The molecule has 2 heterocycles. The normalized spacial score (nSPS) is 15.1. The average Bonchev–Trinajstić information content (AvgIpc) is 2.86. The SMILES string of the molecule is Cc1nc(CN2CC(=O)N(C)c3ccccc3C2=O)no1. The van der Waals surface area contributed by atoms with Crippen LogP contribution < -0.4 is 4.90 Å². The van der Waals surface area contributed by atoms with Crippen LogP contribution >= 0.6 is 0 Å². The van der Waals surface area contributed by atoms with Gasteiger partial charge in [0.15, 0.2) is 5.82 Å². The number of para-hydroxylation sites is 1. The molecule has 2 aromatic rings. The van der Waals surface area contributed by atoms with Crippen LogP contribution in [0.3, 0.4) is 0 Å². The fourth-order valence-electron chi connectivity index (χ4n) is 2.30. The topological polar surface area (TPSA) is 79.5 Å². The molecular formula is C14H14N4O3. The Morgan fingerprint density at radius 1 is 1.29 bits per heavy atom. The van der Waals surface area contributed by atoms with Crippen LogP contribution in [-0.2, 0) is 11.3 Å². The van der Waals surface area contributed by atoms with Crippen molar-refractivity contribution >= 4 is 17.5 Å². The van der Waals surface area contributed by atoms with Gasteiger partial charge in [0.05, 0.1) is 17.8 Å². The number of likely N-dealkylation sites (N-methyl/N-ethyl adjacent to an activating group) is 1. The van der Waals surface area contributed by atoms with Gasteiger partial charge in [0.1, 0.15) is 6.54 Å². The molecule has 21 heavy (non-hydrogen) atoms. The monoisotopic (exact) mass is 286 g/mol. The highest BCUT2D eigenvalue weighted by Crippen LogP contribution is 2.24. The molecule has 0 spiro atoms. The van der Waals surface area contributed by atoms with Gasteiger partial charge in [-0.15, -0.1) is 0 Å². The third-order valence-corrected chi connectivity index (χ3v) is 3.39. The third kappa shape index (κ3) is 2.37. The molecule has 1 aliphatic heterocycles. The van der Waals surface area contributed by atoms with Crippen molar-refractivity contribution in [2.45, 2.75) is 13.5 Å². The van der Waals surface area contributed by atoms with E-state index < -0.39 is 0 Å². The Morgan fingerprint density at radius 2 is 2.05 bits per heavy atom. The molecule has 0 fully saturated rings. The number of rotatable bonds is 2. The maximum atomic E-state index is 12.6. The molecule has 0 bridgehead atoms. The van der Waals surface area contributed by atoms with Crippen LogP contribution in [0.15, 0.2) is 28.8 Å². The number of aryl methyl sites for hydroxylation is 1. The second-order valence-electron chi connectivity index (χ2n) is 4.86. The molecule has 0 saturated carbocycles. The summed E-state index contributed by atoms with van der Waals surface area (Å²) in [5, 5.41) is 3.77. The number of aromatic nitrogens is 2. The molecule has 0 saturated heterocycles. The summed E-state index contributed by atoms with van der Waals surface area (Å²) in [5.41, 5.74) is 1.10. The minimum atomic E-state index is -0.217. The molecule has 1 aliphatic rings. The number of anilines is 1. The molecular weight excluding hydrogens is 272 g/mol. The Balaban J connectivity index is 1.96. The lowest BCUT2D eigenvalue weighted by atomic mass is 10.1. The molecule has 0 radical (unpaired) electrons. The van der Waals surface area contributed by atoms with Crippen molar-refractivity contribution in [3.05, 3.63) is 41.5 Å². The zero-order valence-electron chi connectivity index (χ0n) is 11.7. The van der Waals surface area contributed by atoms with Crippen molar-refractivity contribution in [1.82, 2.24) is 15.0 Å². The smallest absolute Gasteiger partial charge is 0.256 e. The third-order valence-electron chi connectivity index (χ3n) is 3.39. The minimum Gasteiger partial charge on any atom is -0.340 e. The molecule has 7 heteroatoms. The highest BCUT2D eigenvalue weighted by atomic mass is 16.5. The molecule has 1 aromatic carbocycles. The van der Waals surface area contributed by atoms with Crippen LogP contribution in [0.25, 0.3) is 0 Å². The van der Waals surface area contributed by atoms with Crippen molar-refractivity contribution in [1.29, 1.82) is 0 Å². The summed E-state index contributed by atoms with van der Waals surface area (Å²) in [4.78, 5) is 31.8. The number of carbonyl (C=O) groups excluding carboxylic acids is 2. The van der Waals surface area contributed by atoms with E-state index in [0.29, 0.717) is 23.0 Å². The van der Waals surface area contributed by atoms with E-state index in [9.17, 15) is 9.59 Å². The highest BCUT2D eigenvalue weighted by Gasteiger charge is 2.30. The number of benzene rings is 1. The summed E-state index contributed by atoms with van der Waals surface area (Å²) in [6, 6.07) is 7.04. The first-order valence-corrected chi connectivity index (χ1v) is 6.50. The van der Waals surface area contributed by atoms with Crippen molar-refractivity contribution in [2.24, 2.45) is 0 Å². The molecule has 3 rings (SSSR count). The number of fused-ring (bicyclic) bond motifs is 1. The average molecular weight is 286 g/mol. The minimum absolute atomic E-state index is 0.0163. The molecule has 7 nitrogen and oxygen atoms in total. The van der Waals surface area contributed by atoms with E-state index in [1.807, 2.05) is 0 Å². The Morgan fingerprint density at radius 3 is 2.76 bits per heavy atom. The summed E-state index contributed by atoms with van der Waals surface area (Å²) in [5.74, 6) is 0.436. The maximum Gasteiger partial charge on any atom is 0.256 e. The summed E-state index contributed by atoms with van der Waals surface area (Å²) in [7, 11) is 1.66. The summed E-state index contributed by atoms with van der Waals surface area (Å²) >= 11 is 0. The number of hydrogen-bond donors (Lipinski definition) is 0. The van der Waals surface area contributed by atoms with Gasteiger partial charge in [-0.3, -0.25) is 9.59 Å². The lowest BCUT2D eigenvalue weighted by Gasteiger charge is -2.18. The van der Waals surface area contributed by atoms with E-state index in [2.05, 4.69) is 10.1 Å². The van der Waals surface area contributed by atoms with Gasteiger partial charge < -0.3 is 14.3 Å². The quantitative estimate of drug-likeness (QED) is 0.822. The van der Waals surface area contributed by atoms with Crippen molar-refractivity contribution in [3.63, 3.8) is 0 Å². The predicted molar refractivity (Wildman–Crippen MR) is 73.6 cm³/mol. The van der Waals surface area contributed by atoms with E-state index in [0.717, 1.165) is 0 Å². The number of carbonyl (C=O) groups is 2. The maximum absolute atomic E-state index is 12.6. The Bertz CT molecular complexity index is 710. The largest absolute Gasteiger partial charge is 0.340 e. The summed E-state index contributed by atoms with van der Waals surface area (Å²) in [6.45, 7) is 1.80. The van der Waals surface area contributed by atoms with Gasteiger partial charge >= 0.3 is 0 Å². The molecule has 2 amide bonds. The fourth-order valence-corrected chi connectivity index (χ4v) is 2.30. The van der Waals surface area contributed by atoms with Gasteiger partial charge in [-0.1, -0.05) is 17.3 Å². The van der Waals surface area contributed by atoms with E-state index in [4.69, 9.17) is 4.52 Å². The second kappa shape index (κ2) is 5.01. The zero-order chi connectivity index (χ0) is 15.0. The van der Waals surface area contributed by atoms with Crippen LogP contribution in [0, 0.1) is 6.92 Å². The molecule has 0 aliphatic carbocycles. The Hall–Kier alpha value is -2.70. The van der Waals surface area contributed by atoms with Gasteiger partial charge in [0, 0.05) is 14.0 Å². The number of amides is 2. The van der Waals surface area contributed by atoms with Crippen LogP contribution in [0.5, 0.6) is 0 Å². The zero-order valence-corrected chi connectivity index (χ0v) is 11.7. The van der Waals surface area contributed by atoms with Crippen LogP contribution in [0.1, 0.15) is 22.1 Å². The van der Waals surface area contributed by atoms with E-state index in [-0.39, 0.29) is 24.9 Å². The van der Waals surface area contributed by atoms with Gasteiger partial charge in [-0.2, -0.15) is 4.98 Å². The molecule has 0 N–H and O–H groups in total. The second-order valence-corrected chi connectivity index (χ2v) is 4.86.